The summed E-state index contributed by atoms with van der Waals surface area (Å²) in [6.45, 7) is 17.4. The Hall–Kier alpha value is -1.96. The molecule has 2 heteroatoms. The average Bonchev–Trinajstić information content (AvgIpc) is 2.65. The number of hydrogen-bond acceptors (Lipinski definition) is 1. The summed E-state index contributed by atoms with van der Waals surface area (Å²) in [6.07, 6.45) is 9.86. The fourth-order valence-corrected chi connectivity index (χ4v) is 5.09. The molecule has 2 aliphatic carbocycles. The van der Waals surface area contributed by atoms with Crippen LogP contribution in [-0.4, -0.2) is 4.98 Å². The van der Waals surface area contributed by atoms with Gasteiger partial charge in [-0.2, -0.15) is 0 Å². The van der Waals surface area contributed by atoms with Gasteiger partial charge in [0, 0.05) is 22.4 Å². The summed E-state index contributed by atoms with van der Waals surface area (Å²) in [5.41, 5.74) is 5.04. The van der Waals surface area contributed by atoms with Crippen LogP contribution >= 0.6 is 0 Å². The minimum absolute atomic E-state index is 0.0339. The summed E-state index contributed by atoms with van der Waals surface area (Å²) in [7, 11) is 0. The van der Waals surface area contributed by atoms with Gasteiger partial charge in [-0.15, -0.1) is 0 Å². The van der Waals surface area contributed by atoms with Crippen LogP contribution in [0.4, 0.5) is 4.39 Å². The number of allylic oxidation sites excluding steroid dienone is 6. The lowest BCUT2D eigenvalue weighted by atomic mass is 9.60. The summed E-state index contributed by atoms with van der Waals surface area (Å²) in [5, 5.41) is 2.45. The lowest BCUT2D eigenvalue weighted by Gasteiger charge is -2.44. The molecule has 0 bridgehead atoms. The van der Waals surface area contributed by atoms with Crippen LogP contribution in [-0.2, 0) is 0 Å². The van der Waals surface area contributed by atoms with Crippen molar-refractivity contribution in [1.29, 1.82) is 0 Å². The third-order valence-electron chi connectivity index (χ3n) is 7.18. The van der Waals surface area contributed by atoms with Gasteiger partial charge in [-0.25, -0.2) is 4.39 Å². The third kappa shape index (κ3) is 2.93. The van der Waals surface area contributed by atoms with Crippen LogP contribution < -0.4 is 10.4 Å². The topological polar surface area (TPSA) is 12.9 Å². The predicted molar refractivity (Wildman–Crippen MR) is 119 cm³/mol. The highest BCUT2D eigenvalue weighted by Crippen LogP contribution is 2.54. The first-order valence-corrected chi connectivity index (χ1v) is 10.5. The summed E-state index contributed by atoms with van der Waals surface area (Å²) in [4.78, 5) is 4.85. The molecule has 1 heterocycles. The normalized spacial score (nSPS) is 23.2. The second-order valence-corrected chi connectivity index (χ2v) is 9.32. The van der Waals surface area contributed by atoms with E-state index in [1.54, 1.807) is 0 Å². The van der Waals surface area contributed by atoms with Crippen molar-refractivity contribution < 1.29 is 4.39 Å². The molecular weight excluding hydrogens is 345 g/mol. The molecule has 2 aliphatic rings. The average molecular weight is 380 g/mol. The van der Waals surface area contributed by atoms with Crippen molar-refractivity contribution in [2.24, 2.45) is 16.7 Å². The molecule has 3 rings (SSSR count). The van der Waals surface area contributed by atoms with Crippen LogP contribution in [0.3, 0.4) is 0 Å². The molecule has 1 nitrogen and oxygen atoms in total. The molecule has 1 aromatic rings. The number of nitrogens with zero attached hydrogens (tertiary/aromatic N) is 1. The zero-order chi connectivity index (χ0) is 20.9. The first-order valence-electron chi connectivity index (χ1n) is 10.5. The largest absolute Gasteiger partial charge is 0.256 e. The molecule has 0 fully saturated rings. The van der Waals surface area contributed by atoms with Crippen molar-refractivity contribution in [1.82, 2.24) is 4.98 Å². The predicted octanol–water partition coefficient (Wildman–Crippen LogP) is 6.10. The first-order chi connectivity index (χ1) is 13.1. The Morgan fingerprint density at radius 2 is 2.04 bits per heavy atom. The maximum Gasteiger partial charge on any atom is 0.123 e. The van der Waals surface area contributed by atoms with Crippen LogP contribution in [0.5, 0.6) is 0 Å². The molecule has 0 aliphatic heterocycles. The van der Waals surface area contributed by atoms with Gasteiger partial charge >= 0.3 is 0 Å². The van der Waals surface area contributed by atoms with Crippen LogP contribution in [0.25, 0.3) is 16.7 Å². The highest BCUT2D eigenvalue weighted by atomic mass is 19.1. The lowest BCUT2D eigenvalue weighted by Crippen LogP contribution is -2.43. The molecular formula is C26H34FN. The van der Waals surface area contributed by atoms with Crippen LogP contribution in [0.2, 0.25) is 0 Å². The number of hydrogen-bond donors (Lipinski definition) is 0. The zero-order valence-corrected chi connectivity index (χ0v) is 18.7. The van der Waals surface area contributed by atoms with E-state index in [0.717, 1.165) is 23.3 Å². The number of rotatable bonds is 3. The summed E-state index contributed by atoms with van der Waals surface area (Å²) < 4.78 is 15.3. The van der Waals surface area contributed by atoms with E-state index in [-0.39, 0.29) is 22.6 Å². The highest BCUT2D eigenvalue weighted by Gasteiger charge is 2.44. The van der Waals surface area contributed by atoms with Crippen molar-refractivity contribution in [2.75, 3.05) is 0 Å². The molecule has 0 N–H and O–H groups in total. The number of halogens is 1. The van der Waals surface area contributed by atoms with E-state index in [1.807, 2.05) is 12.3 Å². The second-order valence-electron chi connectivity index (χ2n) is 9.32. The van der Waals surface area contributed by atoms with E-state index in [0.29, 0.717) is 6.42 Å². The SMILES string of the molecule is CC=CC(C)(CC)C1CC=C(F)C2=C1c1nccc(=C(C)C)c1=C(C)C2(C)C. The van der Waals surface area contributed by atoms with Gasteiger partial charge in [0.15, 0.2) is 0 Å². The van der Waals surface area contributed by atoms with Crippen LogP contribution in [0, 0.1) is 16.7 Å². The molecule has 1 aromatic heterocycles. The Bertz CT molecular complexity index is 1020. The Morgan fingerprint density at radius 3 is 2.61 bits per heavy atom. The highest BCUT2D eigenvalue weighted by molar-refractivity contribution is 5.83. The van der Waals surface area contributed by atoms with Gasteiger partial charge in [-0.05, 0) is 74.8 Å². The standard InChI is InChI=1S/C26H34FN/c1-9-14-26(8,10-2)19-11-12-20(27)23-22(19)24-21(17(5)25(23,6)7)18(16(3)4)13-15-28-24/h9,12-15,19H,10-11H2,1-8H3. The van der Waals surface area contributed by atoms with Gasteiger partial charge < -0.3 is 0 Å². The maximum absolute atomic E-state index is 15.3. The van der Waals surface area contributed by atoms with E-state index < -0.39 is 0 Å². The maximum atomic E-state index is 15.3. The molecule has 0 saturated heterocycles. The fourth-order valence-electron chi connectivity index (χ4n) is 5.09. The quantitative estimate of drug-likeness (QED) is 0.578. The molecule has 0 amide bonds. The smallest absolute Gasteiger partial charge is 0.123 e. The van der Waals surface area contributed by atoms with E-state index in [2.05, 4.69) is 73.6 Å². The molecule has 0 spiro atoms. The summed E-state index contributed by atoms with van der Waals surface area (Å²) >= 11 is 0. The monoisotopic (exact) mass is 379 g/mol. The zero-order valence-electron chi connectivity index (χ0n) is 18.7. The Labute approximate surface area is 169 Å². The van der Waals surface area contributed by atoms with Crippen molar-refractivity contribution in [3.8, 4) is 0 Å². The van der Waals surface area contributed by atoms with Crippen molar-refractivity contribution in [3.63, 3.8) is 0 Å². The van der Waals surface area contributed by atoms with Gasteiger partial charge in [0.05, 0.1) is 5.69 Å². The molecule has 0 aromatic carbocycles. The van der Waals surface area contributed by atoms with E-state index in [9.17, 15) is 0 Å². The molecule has 150 valence electrons. The molecule has 2 atom stereocenters. The third-order valence-corrected chi connectivity index (χ3v) is 7.18. The van der Waals surface area contributed by atoms with Crippen LogP contribution in [0.1, 0.15) is 73.9 Å². The molecule has 2 unspecified atom stereocenters. The summed E-state index contributed by atoms with van der Waals surface area (Å²) in [6, 6.07) is 2.11. The first kappa shape index (κ1) is 20.8. The van der Waals surface area contributed by atoms with Gasteiger partial charge in [0.2, 0.25) is 0 Å². The van der Waals surface area contributed by atoms with Gasteiger partial charge in [0.1, 0.15) is 5.83 Å². The van der Waals surface area contributed by atoms with Gasteiger partial charge in [-0.1, -0.05) is 51.0 Å². The van der Waals surface area contributed by atoms with Crippen molar-refractivity contribution >= 4 is 16.7 Å². The van der Waals surface area contributed by atoms with Gasteiger partial charge in [0.25, 0.3) is 0 Å². The number of fused-ring (bicyclic) bond motifs is 2. The minimum atomic E-state index is -0.362. The van der Waals surface area contributed by atoms with E-state index in [1.165, 1.54) is 21.6 Å². The van der Waals surface area contributed by atoms with Gasteiger partial charge in [-0.3, -0.25) is 4.98 Å². The lowest BCUT2D eigenvalue weighted by molar-refractivity contribution is 0.298. The Morgan fingerprint density at radius 1 is 1.36 bits per heavy atom. The Kier molecular flexibility index (Phi) is 5.29. The Balaban J connectivity index is 2.50. The van der Waals surface area contributed by atoms with Crippen molar-refractivity contribution in [2.45, 2.75) is 68.2 Å². The second kappa shape index (κ2) is 7.13. The molecule has 28 heavy (non-hydrogen) atoms. The minimum Gasteiger partial charge on any atom is -0.256 e. The summed E-state index contributed by atoms with van der Waals surface area (Å²) in [5.74, 6) is 0.152. The molecule has 0 radical (unpaired) electrons. The van der Waals surface area contributed by atoms with Crippen LogP contribution in [0.15, 0.2) is 41.9 Å². The van der Waals surface area contributed by atoms with Crippen molar-refractivity contribution in [3.05, 3.63) is 58.0 Å². The van der Waals surface area contributed by atoms with E-state index in [4.69, 9.17) is 4.98 Å². The fraction of sp³-hybridized carbons (Fsp3) is 0.500. The molecule has 0 saturated carbocycles. The van der Waals surface area contributed by atoms with E-state index >= 15 is 4.39 Å². The number of pyridine rings is 1. The number of aromatic nitrogens is 1.